The molecule has 0 amide bonds. The van der Waals surface area contributed by atoms with Crippen molar-refractivity contribution in [3.63, 3.8) is 0 Å². The van der Waals surface area contributed by atoms with Crippen LogP contribution in [0.3, 0.4) is 0 Å². The topological polar surface area (TPSA) is 66.9 Å². The molecule has 4 nitrogen and oxygen atoms in total. The highest BCUT2D eigenvalue weighted by atomic mass is 16.6. The Balaban J connectivity index is 3.47. The summed E-state index contributed by atoms with van der Waals surface area (Å²) in [6.07, 6.45) is 0. The molecular weight excluding hydrogens is 168 g/mol. The lowest BCUT2D eigenvalue weighted by Gasteiger charge is -2.01. The molecule has 0 aliphatic carbocycles. The number of benzene rings is 1. The van der Waals surface area contributed by atoms with Crippen LogP contribution in [0.5, 0.6) is 0 Å². The van der Waals surface area contributed by atoms with Crippen molar-refractivity contribution in [1.29, 1.82) is 5.26 Å². The summed E-state index contributed by atoms with van der Waals surface area (Å²) in [5.41, 5.74) is 1.61. The fourth-order valence-corrected chi connectivity index (χ4v) is 1.21. The van der Waals surface area contributed by atoms with E-state index in [1.807, 2.05) is 6.07 Å². The van der Waals surface area contributed by atoms with E-state index in [-0.39, 0.29) is 5.69 Å². The molecule has 4 heteroatoms. The van der Waals surface area contributed by atoms with E-state index in [0.717, 1.165) is 5.56 Å². The molecule has 1 rings (SSSR count). The Morgan fingerprint density at radius 1 is 1.46 bits per heavy atom. The molecule has 0 spiro atoms. The fraction of sp³-hybridized carbons (Fsp3) is 0.222. The summed E-state index contributed by atoms with van der Waals surface area (Å²) in [5.74, 6) is 0. The molecule has 0 radical (unpaired) electrons. The molecule has 0 heterocycles. The maximum absolute atomic E-state index is 10.5. The zero-order chi connectivity index (χ0) is 10.0. The van der Waals surface area contributed by atoms with Crippen LogP contribution in [0.1, 0.15) is 16.7 Å². The molecule has 0 saturated heterocycles. The predicted molar refractivity (Wildman–Crippen MR) is 47.3 cm³/mol. The molecule has 13 heavy (non-hydrogen) atoms. The van der Waals surface area contributed by atoms with Gasteiger partial charge in [-0.05, 0) is 19.4 Å². The lowest BCUT2D eigenvalue weighted by molar-refractivity contribution is -0.385. The standard InChI is InChI=1S/C9H8N2O2/c1-6-3-4-9(11(12)13)7(2)8(6)5-10/h3-4H,1-2H3. The highest BCUT2D eigenvalue weighted by Crippen LogP contribution is 2.23. The van der Waals surface area contributed by atoms with E-state index in [2.05, 4.69) is 0 Å². The van der Waals surface area contributed by atoms with E-state index in [0.29, 0.717) is 11.1 Å². The van der Waals surface area contributed by atoms with Gasteiger partial charge in [-0.3, -0.25) is 10.1 Å². The first-order chi connectivity index (χ1) is 6.07. The van der Waals surface area contributed by atoms with E-state index in [4.69, 9.17) is 5.26 Å². The zero-order valence-corrected chi connectivity index (χ0v) is 7.37. The normalized spacial score (nSPS) is 9.31. The zero-order valence-electron chi connectivity index (χ0n) is 7.37. The average Bonchev–Trinajstić information content (AvgIpc) is 2.04. The Hall–Kier alpha value is -1.89. The molecule has 0 bridgehead atoms. The average molecular weight is 176 g/mol. The van der Waals surface area contributed by atoms with Crippen molar-refractivity contribution in [1.82, 2.24) is 0 Å². The van der Waals surface area contributed by atoms with Gasteiger partial charge < -0.3 is 0 Å². The van der Waals surface area contributed by atoms with Crippen LogP contribution >= 0.6 is 0 Å². The first-order valence-electron chi connectivity index (χ1n) is 3.72. The maximum Gasteiger partial charge on any atom is 0.273 e. The Kier molecular flexibility index (Phi) is 2.29. The minimum atomic E-state index is -0.477. The van der Waals surface area contributed by atoms with Gasteiger partial charge in [-0.15, -0.1) is 0 Å². The number of nitriles is 1. The van der Waals surface area contributed by atoms with Gasteiger partial charge in [-0.25, -0.2) is 0 Å². The number of nitro groups is 1. The van der Waals surface area contributed by atoms with Gasteiger partial charge in [0.05, 0.1) is 16.6 Å². The van der Waals surface area contributed by atoms with Crippen molar-refractivity contribution in [2.75, 3.05) is 0 Å². The van der Waals surface area contributed by atoms with Crippen LogP contribution in [0.25, 0.3) is 0 Å². The van der Waals surface area contributed by atoms with Crippen LogP contribution in [-0.2, 0) is 0 Å². The van der Waals surface area contributed by atoms with Crippen LogP contribution in [-0.4, -0.2) is 4.92 Å². The second-order valence-corrected chi connectivity index (χ2v) is 2.77. The molecule has 0 N–H and O–H groups in total. The monoisotopic (exact) mass is 176 g/mol. The van der Waals surface area contributed by atoms with Crippen LogP contribution in [0.4, 0.5) is 5.69 Å². The van der Waals surface area contributed by atoms with E-state index >= 15 is 0 Å². The van der Waals surface area contributed by atoms with Crippen molar-refractivity contribution in [2.45, 2.75) is 13.8 Å². The first kappa shape index (κ1) is 9.20. The van der Waals surface area contributed by atoms with Crippen LogP contribution in [0.15, 0.2) is 12.1 Å². The minimum absolute atomic E-state index is 0.00199. The summed E-state index contributed by atoms with van der Waals surface area (Å²) >= 11 is 0. The van der Waals surface area contributed by atoms with Gasteiger partial charge in [-0.2, -0.15) is 5.26 Å². The SMILES string of the molecule is Cc1ccc([N+](=O)[O-])c(C)c1C#N. The Morgan fingerprint density at radius 3 is 2.54 bits per heavy atom. The Labute approximate surface area is 75.6 Å². The smallest absolute Gasteiger partial charge is 0.258 e. The lowest BCUT2D eigenvalue weighted by Crippen LogP contribution is -1.95. The summed E-state index contributed by atoms with van der Waals surface area (Å²) in [4.78, 5) is 10.0. The number of rotatable bonds is 1. The van der Waals surface area contributed by atoms with Crippen molar-refractivity contribution in [3.05, 3.63) is 38.9 Å². The predicted octanol–water partition coefficient (Wildman–Crippen LogP) is 2.08. The summed E-state index contributed by atoms with van der Waals surface area (Å²) in [6, 6.07) is 4.96. The van der Waals surface area contributed by atoms with Gasteiger partial charge in [0.25, 0.3) is 5.69 Å². The minimum Gasteiger partial charge on any atom is -0.258 e. The second kappa shape index (κ2) is 3.23. The van der Waals surface area contributed by atoms with Gasteiger partial charge in [0.1, 0.15) is 0 Å². The highest BCUT2D eigenvalue weighted by Gasteiger charge is 2.14. The van der Waals surface area contributed by atoms with Crippen molar-refractivity contribution in [3.8, 4) is 6.07 Å². The quantitative estimate of drug-likeness (QED) is 0.486. The van der Waals surface area contributed by atoms with Gasteiger partial charge in [0, 0.05) is 11.6 Å². The molecule has 0 unspecified atom stereocenters. The fourth-order valence-electron chi connectivity index (χ4n) is 1.21. The van der Waals surface area contributed by atoms with Gasteiger partial charge in [0.15, 0.2) is 0 Å². The first-order valence-corrected chi connectivity index (χ1v) is 3.72. The van der Waals surface area contributed by atoms with Crippen molar-refractivity contribution >= 4 is 5.69 Å². The number of aryl methyl sites for hydroxylation is 1. The van der Waals surface area contributed by atoms with Crippen molar-refractivity contribution < 1.29 is 4.92 Å². The molecule has 0 fully saturated rings. The largest absolute Gasteiger partial charge is 0.273 e. The summed E-state index contributed by atoms with van der Waals surface area (Å²) in [5, 5.41) is 19.2. The maximum atomic E-state index is 10.5. The van der Waals surface area contributed by atoms with Gasteiger partial charge in [-0.1, -0.05) is 6.07 Å². The number of hydrogen-bond donors (Lipinski definition) is 0. The number of nitrogens with zero attached hydrogens (tertiary/aromatic N) is 2. The van der Waals surface area contributed by atoms with Gasteiger partial charge >= 0.3 is 0 Å². The summed E-state index contributed by atoms with van der Waals surface area (Å²) < 4.78 is 0. The molecule has 0 aliphatic rings. The number of nitro benzene ring substituents is 1. The van der Waals surface area contributed by atoms with Crippen LogP contribution in [0.2, 0.25) is 0 Å². The van der Waals surface area contributed by atoms with Gasteiger partial charge in [0.2, 0.25) is 0 Å². The van der Waals surface area contributed by atoms with Crippen LogP contribution < -0.4 is 0 Å². The molecular formula is C9H8N2O2. The van der Waals surface area contributed by atoms with E-state index in [1.54, 1.807) is 19.9 Å². The summed E-state index contributed by atoms with van der Waals surface area (Å²) in [6.45, 7) is 3.35. The van der Waals surface area contributed by atoms with Crippen molar-refractivity contribution in [2.24, 2.45) is 0 Å². The molecule has 1 aromatic carbocycles. The Morgan fingerprint density at radius 2 is 2.08 bits per heavy atom. The molecule has 1 aromatic rings. The second-order valence-electron chi connectivity index (χ2n) is 2.77. The molecule has 0 aromatic heterocycles. The Bertz CT molecular complexity index is 405. The molecule has 0 atom stereocenters. The lowest BCUT2D eigenvalue weighted by atomic mass is 10.0. The number of hydrogen-bond acceptors (Lipinski definition) is 3. The molecule has 66 valence electrons. The van der Waals surface area contributed by atoms with Crippen LogP contribution in [0, 0.1) is 35.3 Å². The van der Waals surface area contributed by atoms with E-state index in [1.165, 1.54) is 6.07 Å². The molecule has 0 saturated carbocycles. The third-order valence-electron chi connectivity index (χ3n) is 1.95. The van der Waals surface area contributed by atoms with E-state index in [9.17, 15) is 10.1 Å². The third kappa shape index (κ3) is 1.49. The van der Waals surface area contributed by atoms with E-state index < -0.39 is 4.92 Å². The summed E-state index contributed by atoms with van der Waals surface area (Å²) in [7, 11) is 0. The molecule has 0 aliphatic heterocycles. The third-order valence-corrected chi connectivity index (χ3v) is 1.95. The highest BCUT2D eigenvalue weighted by molar-refractivity contribution is 5.53.